The van der Waals surface area contributed by atoms with Crippen molar-refractivity contribution < 1.29 is 14.1 Å². The van der Waals surface area contributed by atoms with E-state index in [0.29, 0.717) is 16.8 Å². The van der Waals surface area contributed by atoms with Gasteiger partial charge in [-0.05, 0) is 37.9 Å². The van der Waals surface area contributed by atoms with E-state index in [0.717, 1.165) is 37.3 Å². The average Bonchev–Trinajstić information content (AvgIpc) is 3.11. The summed E-state index contributed by atoms with van der Waals surface area (Å²) in [4.78, 5) is 17.2. The molecule has 2 heterocycles. The van der Waals surface area contributed by atoms with E-state index in [1.807, 2.05) is 35.7 Å². The lowest BCUT2D eigenvalue weighted by Gasteiger charge is -2.31. The number of anilines is 1. The van der Waals surface area contributed by atoms with Gasteiger partial charge in [0.1, 0.15) is 5.75 Å². The van der Waals surface area contributed by atoms with Gasteiger partial charge in [-0.3, -0.25) is 10.1 Å². The van der Waals surface area contributed by atoms with Crippen LogP contribution >= 0.6 is 11.3 Å². The minimum atomic E-state index is -1.25. The third kappa shape index (κ3) is 4.65. The van der Waals surface area contributed by atoms with Gasteiger partial charge in [-0.15, -0.1) is 11.3 Å². The van der Waals surface area contributed by atoms with E-state index in [4.69, 9.17) is 4.74 Å². The number of ether oxygens (including phenoxy) is 1. The van der Waals surface area contributed by atoms with Crippen molar-refractivity contribution in [2.45, 2.75) is 31.4 Å². The van der Waals surface area contributed by atoms with Crippen molar-refractivity contribution in [1.29, 1.82) is 0 Å². The molecule has 1 saturated heterocycles. The number of thiazole rings is 1. The van der Waals surface area contributed by atoms with Crippen LogP contribution in [-0.4, -0.2) is 39.2 Å². The Kier molecular flexibility index (Phi) is 6.34. The molecular formula is C19H24N2O3S2. The van der Waals surface area contributed by atoms with E-state index >= 15 is 0 Å². The minimum Gasteiger partial charge on any atom is -0.616 e. The number of nitrogens with one attached hydrogen (secondary N) is 1. The molecule has 1 aromatic heterocycles. The highest BCUT2D eigenvalue weighted by atomic mass is 32.2. The number of aromatic nitrogens is 1. The molecule has 1 amide bonds. The molecule has 1 aliphatic rings. The van der Waals surface area contributed by atoms with Crippen molar-refractivity contribution in [3.8, 4) is 11.3 Å². The second-order valence-electron chi connectivity index (χ2n) is 6.94. The number of carbonyl (C=O) groups excluding carboxylic acids is 1. The first-order valence-electron chi connectivity index (χ1n) is 8.75. The number of nitrogens with zero attached hydrogens (tertiary/aromatic N) is 1. The summed E-state index contributed by atoms with van der Waals surface area (Å²) in [7, 11) is 0. The van der Waals surface area contributed by atoms with Gasteiger partial charge in [0.15, 0.2) is 9.88 Å². The zero-order valence-corrected chi connectivity index (χ0v) is 16.7. The quantitative estimate of drug-likeness (QED) is 0.761. The van der Waals surface area contributed by atoms with Crippen molar-refractivity contribution in [2.75, 3.05) is 24.3 Å². The van der Waals surface area contributed by atoms with Crippen LogP contribution in [-0.2, 0) is 20.7 Å². The molecule has 1 aromatic carbocycles. The Morgan fingerprint density at radius 3 is 2.73 bits per heavy atom. The normalized spacial score (nSPS) is 17.0. The van der Waals surface area contributed by atoms with Crippen LogP contribution in [0.4, 0.5) is 5.13 Å². The lowest BCUT2D eigenvalue weighted by molar-refractivity contribution is -0.117. The maximum Gasteiger partial charge on any atom is 0.281 e. The van der Waals surface area contributed by atoms with Crippen LogP contribution in [0.1, 0.15) is 26.7 Å². The summed E-state index contributed by atoms with van der Waals surface area (Å²) in [6, 6.07) is 9.82. The van der Waals surface area contributed by atoms with Crippen LogP contribution in [0.15, 0.2) is 35.7 Å². The van der Waals surface area contributed by atoms with E-state index < -0.39 is 15.9 Å². The molecule has 1 atom stereocenters. The fourth-order valence-corrected chi connectivity index (χ4v) is 4.91. The van der Waals surface area contributed by atoms with Crippen molar-refractivity contribution in [3.05, 3.63) is 35.7 Å². The van der Waals surface area contributed by atoms with Gasteiger partial charge in [-0.2, -0.15) is 0 Å². The van der Waals surface area contributed by atoms with Crippen LogP contribution in [0.2, 0.25) is 0 Å². The highest BCUT2D eigenvalue weighted by molar-refractivity contribution is 7.93. The van der Waals surface area contributed by atoms with Gasteiger partial charge in [-0.1, -0.05) is 30.3 Å². The van der Waals surface area contributed by atoms with Gasteiger partial charge < -0.3 is 9.29 Å². The molecular weight excluding hydrogens is 368 g/mol. The predicted molar refractivity (Wildman–Crippen MR) is 107 cm³/mol. The Labute approximate surface area is 161 Å². The van der Waals surface area contributed by atoms with Gasteiger partial charge in [-0.25, -0.2) is 4.98 Å². The lowest BCUT2D eigenvalue weighted by Crippen LogP contribution is -2.47. The fourth-order valence-electron chi connectivity index (χ4n) is 2.76. The van der Waals surface area contributed by atoms with Crippen LogP contribution in [0.3, 0.4) is 0 Å². The van der Waals surface area contributed by atoms with Gasteiger partial charge >= 0.3 is 0 Å². The smallest absolute Gasteiger partial charge is 0.281 e. The molecule has 7 heteroatoms. The molecule has 1 aliphatic heterocycles. The number of rotatable bonds is 6. The summed E-state index contributed by atoms with van der Waals surface area (Å²) in [6.45, 7) is 4.92. The van der Waals surface area contributed by atoms with Crippen LogP contribution < -0.4 is 5.32 Å². The second-order valence-corrected chi connectivity index (χ2v) is 9.84. The Hall–Kier alpha value is -1.41. The van der Waals surface area contributed by atoms with E-state index in [1.54, 1.807) is 13.8 Å². The number of benzene rings is 1. The summed E-state index contributed by atoms with van der Waals surface area (Å²) in [5.74, 6) is 0.648. The van der Waals surface area contributed by atoms with Gasteiger partial charge in [0.2, 0.25) is 0 Å². The molecule has 0 radical (unpaired) electrons. The molecule has 140 valence electrons. The molecule has 1 fully saturated rings. The van der Waals surface area contributed by atoms with Crippen molar-refractivity contribution in [1.82, 2.24) is 4.98 Å². The topological polar surface area (TPSA) is 74.3 Å². The summed E-state index contributed by atoms with van der Waals surface area (Å²) in [5.41, 5.74) is 1.83. The zero-order valence-electron chi connectivity index (χ0n) is 15.1. The highest BCUT2D eigenvalue weighted by Crippen LogP contribution is 2.28. The number of amides is 1. The maximum atomic E-state index is 12.8. The Morgan fingerprint density at radius 2 is 2.04 bits per heavy atom. The second kappa shape index (κ2) is 8.52. The van der Waals surface area contributed by atoms with Gasteiger partial charge in [0, 0.05) is 30.1 Å². The SMILES string of the molecule is CC(C)(C(=O)Nc1nc(-c2ccccc2)cs1)[S@@+]([O-])CC1CCOCC1. The first kappa shape index (κ1) is 19.4. The number of hydrogen-bond donors (Lipinski definition) is 1. The van der Waals surface area contributed by atoms with Gasteiger partial charge in [0.05, 0.1) is 5.69 Å². The van der Waals surface area contributed by atoms with E-state index in [1.165, 1.54) is 11.3 Å². The van der Waals surface area contributed by atoms with Crippen LogP contribution in [0, 0.1) is 5.92 Å². The van der Waals surface area contributed by atoms with E-state index in [2.05, 4.69) is 10.3 Å². The minimum absolute atomic E-state index is 0.253. The van der Waals surface area contributed by atoms with E-state index in [-0.39, 0.29) is 5.91 Å². The first-order valence-corrected chi connectivity index (χ1v) is 11.0. The van der Waals surface area contributed by atoms with Crippen molar-refractivity contribution >= 4 is 33.6 Å². The van der Waals surface area contributed by atoms with Crippen LogP contribution in [0.25, 0.3) is 11.3 Å². The predicted octanol–water partition coefficient (Wildman–Crippen LogP) is 3.70. The third-order valence-electron chi connectivity index (χ3n) is 4.64. The zero-order chi connectivity index (χ0) is 18.6. The summed E-state index contributed by atoms with van der Waals surface area (Å²) in [6.07, 6.45) is 1.83. The monoisotopic (exact) mass is 392 g/mol. The molecule has 0 saturated carbocycles. The Morgan fingerprint density at radius 1 is 1.35 bits per heavy atom. The summed E-state index contributed by atoms with van der Waals surface area (Å²) < 4.78 is 17.2. The van der Waals surface area contributed by atoms with Crippen molar-refractivity contribution in [2.24, 2.45) is 5.92 Å². The molecule has 0 bridgehead atoms. The maximum absolute atomic E-state index is 12.8. The van der Waals surface area contributed by atoms with Crippen LogP contribution in [0.5, 0.6) is 0 Å². The molecule has 26 heavy (non-hydrogen) atoms. The largest absolute Gasteiger partial charge is 0.616 e. The standard InChI is InChI=1S/C19H24N2O3S2/c1-19(2,26(23)13-14-8-10-24-11-9-14)17(22)21-18-20-16(12-25-18)15-6-4-3-5-7-15/h3-7,12,14H,8-11,13H2,1-2H3,(H,20,21,22)/t26-/m0/s1. The Balaban J connectivity index is 1.61. The number of hydrogen-bond acceptors (Lipinski definition) is 5. The molecule has 3 rings (SSSR count). The molecule has 0 aliphatic carbocycles. The lowest BCUT2D eigenvalue weighted by atomic mass is 10.0. The first-order chi connectivity index (χ1) is 12.5. The number of carbonyl (C=O) groups is 1. The summed E-state index contributed by atoms with van der Waals surface area (Å²) >= 11 is 0.126. The van der Waals surface area contributed by atoms with Gasteiger partial charge in [0.25, 0.3) is 5.91 Å². The molecule has 1 N–H and O–H groups in total. The molecule has 2 aromatic rings. The average molecular weight is 393 g/mol. The fraction of sp³-hybridized carbons (Fsp3) is 0.474. The Bertz CT molecular complexity index is 727. The third-order valence-corrected chi connectivity index (χ3v) is 7.49. The van der Waals surface area contributed by atoms with E-state index in [9.17, 15) is 9.35 Å². The molecule has 0 unspecified atom stereocenters. The molecule has 0 spiro atoms. The summed E-state index contributed by atoms with van der Waals surface area (Å²) in [5, 5.41) is 5.29. The van der Waals surface area contributed by atoms with Crippen molar-refractivity contribution in [3.63, 3.8) is 0 Å². The molecule has 5 nitrogen and oxygen atoms in total. The highest BCUT2D eigenvalue weighted by Gasteiger charge is 2.41.